The van der Waals surface area contributed by atoms with Crippen molar-refractivity contribution in [2.24, 2.45) is 0 Å². The molecular formula is C11H14ClNO3S. The Morgan fingerprint density at radius 3 is 3.24 bits per heavy atom. The quantitative estimate of drug-likeness (QED) is 0.788. The van der Waals surface area contributed by atoms with Crippen LogP contribution in [0, 0.1) is 0 Å². The maximum atomic E-state index is 11.4. The van der Waals surface area contributed by atoms with Crippen LogP contribution in [0.2, 0.25) is 5.02 Å². The summed E-state index contributed by atoms with van der Waals surface area (Å²) in [6, 6.07) is 1.95. The van der Waals surface area contributed by atoms with Crippen molar-refractivity contribution in [3.8, 4) is 0 Å². The van der Waals surface area contributed by atoms with E-state index in [2.05, 4.69) is 9.64 Å². The van der Waals surface area contributed by atoms with Crippen LogP contribution in [0.3, 0.4) is 0 Å². The third-order valence-electron chi connectivity index (χ3n) is 2.62. The lowest BCUT2D eigenvalue weighted by Crippen LogP contribution is -2.45. The molecule has 2 heterocycles. The Labute approximate surface area is 109 Å². The van der Waals surface area contributed by atoms with Gasteiger partial charge in [0, 0.05) is 29.9 Å². The fraction of sp³-hybridized carbons (Fsp3) is 0.545. The van der Waals surface area contributed by atoms with Crippen molar-refractivity contribution in [1.82, 2.24) is 4.90 Å². The summed E-state index contributed by atoms with van der Waals surface area (Å²) in [7, 11) is 1.38. The Morgan fingerprint density at radius 2 is 2.59 bits per heavy atom. The van der Waals surface area contributed by atoms with E-state index < -0.39 is 6.10 Å². The van der Waals surface area contributed by atoms with E-state index in [-0.39, 0.29) is 5.97 Å². The van der Waals surface area contributed by atoms with Gasteiger partial charge in [-0.25, -0.2) is 4.79 Å². The molecule has 0 bridgehead atoms. The second-order valence-electron chi connectivity index (χ2n) is 3.85. The molecule has 0 aromatic carbocycles. The van der Waals surface area contributed by atoms with Gasteiger partial charge >= 0.3 is 5.97 Å². The van der Waals surface area contributed by atoms with Crippen molar-refractivity contribution in [3.63, 3.8) is 0 Å². The monoisotopic (exact) mass is 275 g/mol. The van der Waals surface area contributed by atoms with Gasteiger partial charge in [-0.15, -0.1) is 11.3 Å². The van der Waals surface area contributed by atoms with Crippen LogP contribution in [0.4, 0.5) is 0 Å². The number of rotatable bonds is 3. The minimum Gasteiger partial charge on any atom is -0.467 e. The average Bonchev–Trinajstić information content (AvgIpc) is 2.74. The number of thiophene rings is 1. The van der Waals surface area contributed by atoms with Crippen molar-refractivity contribution < 1.29 is 14.3 Å². The molecular weight excluding hydrogens is 262 g/mol. The van der Waals surface area contributed by atoms with Crippen LogP contribution in [-0.4, -0.2) is 43.8 Å². The standard InChI is InChI=1S/C11H14ClNO3S/c1-15-11(14)10-6-13(2-3-16-10)5-9-4-8(12)7-17-9/h4,7,10H,2-3,5-6H2,1H3/t10-/m0/s1. The molecule has 0 unspecified atom stereocenters. The molecule has 0 spiro atoms. The van der Waals surface area contributed by atoms with E-state index in [0.29, 0.717) is 13.2 Å². The topological polar surface area (TPSA) is 38.8 Å². The Hall–Kier alpha value is -0.620. The molecule has 1 aromatic rings. The molecule has 94 valence electrons. The molecule has 1 fully saturated rings. The third kappa shape index (κ3) is 3.42. The van der Waals surface area contributed by atoms with Gasteiger partial charge < -0.3 is 9.47 Å². The van der Waals surface area contributed by atoms with Crippen LogP contribution in [0.1, 0.15) is 4.88 Å². The minimum absolute atomic E-state index is 0.307. The van der Waals surface area contributed by atoms with Crippen molar-refractivity contribution in [2.45, 2.75) is 12.6 Å². The summed E-state index contributed by atoms with van der Waals surface area (Å²) in [6.07, 6.45) is -0.468. The molecule has 0 radical (unpaired) electrons. The van der Waals surface area contributed by atoms with Gasteiger partial charge in [0.25, 0.3) is 0 Å². The fourth-order valence-corrected chi connectivity index (χ4v) is 2.89. The average molecular weight is 276 g/mol. The lowest BCUT2D eigenvalue weighted by Gasteiger charge is -2.30. The Kier molecular flexibility index (Phi) is 4.39. The van der Waals surface area contributed by atoms with E-state index in [1.54, 1.807) is 11.3 Å². The van der Waals surface area contributed by atoms with E-state index in [1.807, 2.05) is 11.4 Å². The lowest BCUT2D eigenvalue weighted by atomic mass is 10.2. The number of esters is 1. The highest BCUT2D eigenvalue weighted by Crippen LogP contribution is 2.21. The molecule has 0 N–H and O–H groups in total. The molecule has 1 atom stereocenters. The molecule has 1 aromatic heterocycles. The largest absolute Gasteiger partial charge is 0.467 e. The molecule has 2 rings (SSSR count). The van der Waals surface area contributed by atoms with Gasteiger partial charge in [-0.2, -0.15) is 0 Å². The number of methoxy groups -OCH3 is 1. The molecule has 4 nitrogen and oxygen atoms in total. The Bertz CT molecular complexity index is 396. The number of hydrogen-bond acceptors (Lipinski definition) is 5. The van der Waals surface area contributed by atoms with Gasteiger partial charge in [-0.1, -0.05) is 11.6 Å². The van der Waals surface area contributed by atoms with E-state index in [4.69, 9.17) is 16.3 Å². The maximum absolute atomic E-state index is 11.4. The van der Waals surface area contributed by atoms with Crippen molar-refractivity contribution in [1.29, 1.82) is 0 Å². The predicted octanol–water partition coefficient (Wildman–Crippen LogP) is 1.78. The van der Waals surface area contributed by atoms with Crippen LogP contribution in [0.15, 0.2) is 11.4 Å². The summed E-state index contributed by atoms with van der Waals surface area (Å²) in [5.41, 5.74) is 0. The second-order valence-corrected chi connectivity index (χ2v) is 5.28. The second kappa shape index (κ2) is 5.82. The molecule has 17 heavy (non-hydrogen) atoms. The Morgan fingerprint density at radius 1 is 1.76 bits per heavy atom. The highest BCUT2D eigenvalue weighted by Gasteiger charge is 2.27. The van der Waals surface area contributed by atoms with E-state index in [9.17, 15) is 4.79 Å². The first-order chi connectivity index (χ1) is 8.19. The predicted molar refractivity (Wildman–Crippen MR) is 66.4 cm³/mol. The van der Waals surface area contributed by atoms with Gasteiger partial charge in [-0.3, -0.25) is 4.90 Å². The number of halogens is 1. The van der Waals surface area contributed by atoms with Crippen LogP contribution < -0.4 is 0 Å². The molecule has 0 amide bonds. The first-order valence-corrected chi connectivity index (χ1v) is 6.59. The SMILES string of the molecule is COC(=O)[C@@H]1CN(Cc2cc(Cl)cs2)CCO1. The van der Waals surface area contributed by atoms with Crippen LogP contribution >= 0.6 is 22.9 Å². The molecule has 1 saturated heterocycles. The highest BCUT2D eigenvalue weighted by molar-refractivity contribution is 7.10. The third-order valence-corrected chi connectivity index (χ3v) is 3.88. The lowest BCUT2D eigenvalue weighted by molar-refractivity contribution is -0.159. The summed E-state index contributed by atoms with van der Waals surface area (Å²) in [5.74, 6) is -0.307. The van der Waals surface area contributed by atoms with E-state index in [1.165, 1.54) is 12.0 Å². The summed E-state index contributed by atoms with van der Waals surface area (Å²) in [6.45, 7) is 2.75. The Balaban J connectivity index is 1.91. The number of carbonyl (C=O) groups is 1. The fourth-order valence-electron chi connectivity index (χ4n) is 1.78. The van der Waals surface area contributed by atoms with Crippen molar-refractivity contribution >= 4 is 28.9 Å². The van der Waals surface area contributed by atoms with E-state index >= 15 is 0 Å². The van der Waals surface area contributed by atoms with Crippen LogP contribution in [0.5, 0.6) is 0 Å². The van der Waals surface area contributed by atoms with Crippen molar-refractivity contribution in [3.05, 3.63) is 21.3 Å². The first-order valence-electron chi connectivity index (χ1n) is 5.33. The van der Waals surface area contributed by atoms with Gasteiger partial charge in [0.05, 0.1) is 18.7 Å². The maximum Gasteiger partial charge on any atom is 0.336 e. The zero-order chi connectivity index (χ0) is 12.3. The van der Waals surface area contributed by atoms with Gasteiger partial charge in [0.1, 0.15) is 0 Å². The number of ether oxygens (including phenoxy) is 2. The van der Waals surface area contributed by atoms with E-state index in [0.717, 1.165) is 18.1 Å². The van der Waals surface area contributed by atoms with Gasteiger partial charge in [0.2, 0.25) is 0 Å². The molecule has 1 aliphatic heterocycles. The smallest absolute Gasteiger partial charge is 0.336 e. The highest BCUT2D eigenvalue weighted by atomic mass is 35.5. The molecule has 1 aliphatic rings. The molecule has 6 heteroatoms. The summed E-state index contributed by atoms with van der Waals surface area (Å²) in [5, 5.41) is 2.68. The normalized spacial score (nSPS) is 21.4. The minimum atomic E-state index is -0.468. The van der Waals surface area contributed by atoms with Crippen LogP contribution in [0.25, 0.3) is 0 Å². The van der Waals surface area contributed by atoms with Crippen molar-refractivity contribution in [2.75, 3.05) is 26.8 Å². The summed E-state index contributed by atoms with van der Waals surface area (Å²) >= 11 is 7.50. The summed E-state index contributed by atoms with van der Waals surface area (Å²) < 4.78 is 10.0. The number of morpholine rings is 1. The first kappa shape index (κ1) is 12.8. The van der Waals surface area contributed by atoms with Gasteiger partial charge in [0.15, 0.2) is 6.10 Å². The molecule has 0 aliphatic carbocycles. The number of nitrogens with zero attached hydrogens (tertiary/aromatic N) is 1. The zero-order valence-electron chi connectivity index (χ0n) is 9.52. The van der Waals surface area contributed by atoms with Gasteiger partial charge in [-0.05, 0) is 6.07 Å². The zero-order valence-corrected chi connectivity index (χ0v) is 11.1. The van der Waals surface area contributed by atoms with Crippen LogP contribution in [-0.2, 0) is 20.8 Å². The number of carbonyl (C=O) groups excluding carboxylic acids is 1. The summed E-state index contributed by atoms with van der Waals surface area (Å²) in [4.78, 5) is 14.7. The molecule has 0 saturated carbocycles. The number of hydrogen-bond donors (Lipinski definition) is 0.